The van der Waals surface area contributed by atoms with Gasteiger partial charge in [0.15, 0.2) is 0 Å². The van der Waals surface area contributed by atoms with Gasteiger partial charge >= 0.3 is 0 Å². The SMILES string of the molecule is CC(C)c1cccc([N+](=O)[O-])c1COc1ccn(C)n1. The molecule has 6 heteroatoms. The molecular weight excluding hydrogens is 258 g/mol. The summed E-state index contributed by atoms with van der Waals surface area (Å²) < 4.78 is 7.18. The van der Waals surface area contributed by atoms with Crippen molar-refractivity contribution in [3.8, 4) is 5.88 Å². The zero-order valence-electron chi connectivity index (χ0n) is 11.7. The molecule has 20 heavy (non-hydrogen) atoms. The zero-order valence-corrected chi connectivity index (χ0v) is 11.7. The lowest BCUT2D eigenvalue weighted by Gasteiger charge is -2.13. The summed E-state index contributed by atoms with van der Waals surface area (Å²) >= 11 is 0. The molecule has 106 valence electrons. The summed E-state index contributed by atoms with van der Waals surface area (Å²) in [6.07, 6.45) is 1.76. The number of benzene rings is 1. The van der Waals surface area contributed by atoms with Crippen molar-refractivity contribution in [3.05, 3.63) is 51.7 Å². The number of nitro benzene ring substituents is 1. The van der Waals surface area contributed by atoms with Crippen molar-refractivity contribution in [2.24, 2.45) is 7.05 Å². The summed E-state index contributed by atoms with van der Waals surface area (Å²) in [5.41, 5.74) is 1.63. The second-order valence-electron chi connectivity index (χ2n) is 4.87. The van der Waals surface area contributed by atoms with Gasteiger partial charge in [0, 0.05) is 25.4 Å². The van der Waals surface area contributed by atoms with Gasteiger partial charge in [0.05, 0.1) is 10.5 Å². The lowest BCUT2D eigenvalue weighted by molar-refractivity contribution is -0.385. The van der Waals surface area contributed by atoms with Crippen LogP contribution in [0.5, 0.6) is 5.88 Å². The van der Waals surface area contributed by atoms with Gasteiger partial charge < -0.3 is 4.74 Å². The first-order valence-corrected chi connectivity index (χ1v) is 6.37. The van der Waals surface area contributed by atoms with Gasteiger partial charge in [-0.1, -0.05) is 26.0 Å². The summed E-state index contributed by atoms with van der Waals surface area (Å²) in [7, 11) is 1.79. The number of rotatable bonds is 5. The number of hydrogen-bond donors (Lipinski definition) is 0. The molecule has 2 rings (SSSR count). The molecule has 2 aromatic rings. The van der Waals surface area contributed by atoms with Crippen molar-refractivity contribution in [1.29, 1.82) is 0 Å². The van der Waals surface area contributed by atoms with E-state index in [1.807, 2.05) is 19.9 Å². The molecule has 1 heterocycles. The van der Waals surface area contributed by atoms with Crippen LogP contribution in [-0.2, 0) is 13.7 Å². The van der Waals surface area contributed by atoms with E-state index in [-0.39, 0.29) is 23.1 Å². The Morgan fingerprint density at radius 1 is 1.40 bits per heavy atom. The topological polar surface area (TPSA) is 70.2 Å². The van der Waals surface area contributed by atoms with E-state index in [1.165, 1.54) is 6.07 Å². The highest BCUT2D eigenvalue weighted by Gasteiger charge is 2.19. The summed E-state index contributed by atoms with van der Waals surface area (Å²) in [5.74, 6) is 0.651. The largest absolute Gasteiger partial charge is 0.471 e. The van der Waals surface area contributed by atoms with Crippen molar-refractivity contribution >= 4 is 5.69 Å². The Kier molecular flexibility index (Phi) is 4.02. The number of aromatic nitrogens is 2. The Labute approximate surface area is 117 Å². The number of nitro groups is 1. The molecule has 0 N–H and O–H groups in total. The van der Waals surface area contributed by atoms with E-state index in [9.17, 15) is 10.1 Å². The Bertz CT molecular complexity index is 620. The van der Waals surface area contributed by atoms with Gasteiger partial charge in [-0.15, -0.1) is 5.10 Å². The van der Waals surface area contributed by atoms with Gasteiger partial charge in [-0.25, -0.2) is 0 Å². The monoisotopic (exact) mass is 275 g/mol. The molecule has 0 fully saturated rings. The average molecular weight is 275 g/mol. The molecule has 0 aliphatic rings. The highest BCUT2D eigenvalue weighted by molar-refractivity contribution is 5.46. The fourth-order valence-electron chi connectivity index (χ4n) is 2.08. The van der Waals surface area contributed by atoms with E-state index in [0.29, 0.717) is 11.4 Å². The average Bonchev–Trinajstić information content (AvgIpc) is 2.81. The summed E-state index contributed by atoms with van der Waals surface area (Å²) in [6.45, 7) is 4.15. The summed E-state index contributed by atoms with van der Waals surface area (Å²) in [4.78, 5) is 10.8. The van der Waals surface area contributed by atoms with E-state index >= 15 is 0 Å². The minimum Gasteiger partial charge on any atom is -0.471 e. The Balaban J connectivity index is 2.30. The molecule has 1 aromatic carbocycles. The normalized spacial score (nSPS) is 10.8. The van der Waals surface area contributed by atoms with Crippen LogP contribution < -0.4 is 4.74 Å². The number of nitrogens with zero attached hydrogens (tertiary/aromatic N) is 3. The molecule has 0 atom stereocenters. The summed E-state index contributed by atoms with van der Waals surface area (Å²) in [6, 6.07) is 6.83. The second kappa shape index (κ2) is 5.73. The van der Waals surface area contributed by atoms with Crippen LogP contribution in [0, 0.1) is 10.1 Å². The first kappa shape index (κ1) is 14.0. The molecule has 0 saturated carbocycles. The Hall–Kier alpha value is -2.37. The van der Waals surface area contributed by atoms with Gasteiger partial charge in [0.1, 0.15) is 6.61 Å². The molecule has 0 spiro atoms. The highest BCUT2D eigenvalue weighted by Crippen LogP contribution is 2.28. The minimum atomic E-state index is -0.372. The van der Waals surface area contributed by atoms with Crippen molar-refractivity contribution < 1.29 is 9.66 Å². The smallest absolute Gasteiger partial charge is 0.276 e. The third-order valence-electron chi connectivity index (χ3n) is 3.06. The summed E-state index contributed by atoms with van der Waals surface area (Å²) in [5, 5.41) is 15.2. The van der Waals surface area contributed by atoms with Crippen LogP contribution in [0.3, 0.4) is 0 Å². The first-order chi connectivity index (χ1) is 9.49. The van der Waals surface area contributed by atoms with E-state index in [0.717, 1.165) is 5.56 Å². The van der Waals surface area contributed by atoms with Gasteiger partial charge in [0.2, 0.25) is 5.88 Å². The van der Waals surface area contributed by atoms with Crippen LogP contribution in [-0.4, -0.2) is 14.7 Å². The van der Waals surface area contributed by atoms with Crippen LogP contribution in [0.2, 0.25) is 0 Å². The number of hydrogen-bond acceptors (Lipinski definition) is 4. The van der Waals surface area contributed by atoms with E-state index in [1.54, 1.807) is 30.1 Å². The van der Waals surface area contributed by atoms with E-state index in [4.69, 9.17) is 4.74 Å². The number of ether oxygens (including phenoxy) is 1. The van der Waals surface area contributed by atoms with Crippen molar-refractivity contribution in [1.82, 2.24) is 9.78 Å². The molecule has 0 saturated heterocycles. The van der Waals surface area contributed by atoms with Crippen LogP contribution in [0.4, 0.5) is 5.69 Å². The van der Waals surface area contributed by atoms with Gasteiger partial charge in [-0.2, -0.15) is 0 Å². The maximum Gasteiger partial charge on any atom is 0.276 e. The highest BCUT2D eigenvalue weighted by atomic mass is 16.6. The van der Waals surface area contributed by atoms with Crippen molar-refractivity contribution in [3.63, 3.8) is 0 Å². The van der Waals surface area contributed by atoms with Crippen molar-refractivity contribution in [2.75, 3.05) is 0 Å². The van der Waals surface area contributed by atoms with Gasteiger partial charge in [-0.3, -0.25) is 14.8 Å². The second-order valence-corrected chi connectivity index (χ2v) is 4.87. The fourth-order valence-corrected chi connectivity index (χ4v) is 2.08. The molecule has 0 aliphatic carbocycles. The lowest BCUT2D eigenvalue weighted by atomic mass is 9.96. The van der Waals surface area contributed by atoms with E-state index < -0.39 is 0 Å². The third kappa shape index (κ3) is 2.96. The molecule has 6 nitrogen and oxygen atoms in total. The maximum atomic E-state index is 11.1. The van der Waals surface area contributed by atoms with Crippen LogP contribution in [0.25, 0.3) is 0 Å². The molecule has 0 amide bonds. The molecule has 0 unspecified atom stereocenters. The molecular formula is C14H17N3O3. The van der Waals surface area contributed by atoms with E-state index in [2.05, 4.69) is 5.10 Å². The number of aryl methyl sites for hydroxylation is 1. The fraction of sp³-hybridized carbons (Fsp3) is 0.357. The molecule has 0 radical (unpaired) electrons. The van der Waals surface area contributed by atoms with Crippen LogP contribution in [0.15, 0.2) is 30.5 Å². The van der Waals surface area contributed by atoms with Crippen LogP contribution in [0.1, 0.15) is 30.9 Å². The maximum absolute atomic E-state index is 11.1. The molecule has 1 aromatic heterocycles. The Morgan fingerprint density at radius 2 is 2.15 bits per heavy atom. The predicted octanol–water partition coefficient (Wildman–Crippen LogP) is 3.03. The Morgan fingerprint density at radius 3 is 2.70 bits per heavy atom. The first-order valence-electron chi connectivity index (χ1n) is 6.37. The van der Waals surface area contributed by atoms with Gasteiger partial charge in [0.25, 0.3) is 5.69 Å². The van der Waals surface area contributed by atoms with Gasteiger partial charge in [-0.05, 0) is 11.5 Å². The standard InChI is InChI=1S/C14H17N3O3/c1-10(2)11-5-4-6-13(17(18)19)12(11)9-20-14-7-8-16(3)15-14/h4-8,10H,9H2,1-3H3. The predicted molar refractivity (Wildman–Crippen MR) is 74.7 cm³/mol. The lowest BCUT2D eigenvalue weighted by Crippen LogP contribution is -2.06. The minimum absolute atomic E-state index is 0.0899. The quantitative estimate of drug-likeness (QED) is 0.621. The zero-order chi connectivity index (χ0) is 14.7. The van der Waals surface area contributed by atoms with Crippen molar-refractivity contribution in [2.45, 2.75) is 26.4 Å². The molecule has 0 aliphatic heterocycles. The third-order valence-corrected chi connectivity index (χ3v) is 3.06. The molecule has 0 bridgehead atoms. The van der Waals surface area contributed by atoms with Crippen LogP contribution >= 0.6 is 0 Å².